The molecule has 0 aliphatic carbocycles. The normalized spacial score (nSPS) is 13.3. The molecule has 0 saturated heterocycles. The van der Waals surface area contributed by atoms with Crippen LogP contribution >= 0.6 is 11.6 Å². The number of hydrogen-bond acceptors (Lipinski definition) is 4. The number of fused-ring (bicyclic) bond motifs is 1. The Labute approximate surface area is 200 Å². The Morgan fingerprint density at radius 3 is 2.61 bits per heavy atom. The summed E-state index contributed by atoms with van der Waals surface area (Å²) in [5.41, 5.74) is 5.37. The number of nitrogens with zero attached hydrogens (tertiary/aromatic N) is 2. The van der Waals surface area contributed by atoms with Crippen molar-refractivity contribution >= 4 is 34.7 Å². The molecule has 33 heavy (non-hydrogen) atoms. The minimum atomic E-state index is -0.307. The molecule has 1 atom stereocenters. The number of ether oxygens (including phenoxy) is 1. The molecule has 1 aliphatic rings. The fourth-order valence-corrected chi connectivity index (χ4v) is 4.40. The number of urea groups is 1. The van der Waals surface area contributed by atoms with Gasteiger partial charge in [-0.15, -0.1) is 0 Å². The molecule has 7 heteroatoms. The Hall–Kier alpha value is -3.38. The lowest BCUT2D eigenvalue weighted by Crippen LogP contribution is -2.39. The van der Waals surface area contributed by atoms with E-state index in [4.69, 9.17) is 16.3 Å². The molecule has 0 fully saturated rings. The van der Waals surface area contributed by atoms with E-state index in [2.05, 4.69) is 69.0 Å². The molecule has 2 amide bonds. The third-order valence-corrected chi connectivity index (χ3v) is 6.19. The fraction of sp³-hybridized carbons (Fsp3) is 0.269. The lowest BCUT2D eigenvalue weighted by Gasteiger charge is -2.31. The van der Waals surface area contributed by atoms with E-state index in [1.807, 2.05) is 14.1 Å². The molecule has 0 radical (unpaired) electrons. The first-order valence-electron chi connectivity index (χ1n) is 11.0. The van der Waals surface area contributed by atoms with Crippen LogP contribution in [0, 0.1) is 0 Å². The largest absolute Gasteiger partial charge is 0.495 e. The number of benzene rings is 3. The second kappa shape index (κ2) is 10.0. The second-order valence-corrected chi connectivity index (χ2v) is 8.69. The summed E-state index contributed by atoms with van der Waals surface area (Å²) < 4.78 is 5.33. The van der Waals surface area contributed by atoms with Gasteiger partial charge in [-0.05, 0) is 53.9 Å². The number of para-hydroxylation sites is 1. The SMILES string of the molecule is COc1ccc(Cl)cc1NC(=O)NC[C@@H](c1ccc(N(C)C)cc1)N1CCc2ccccc21. The van der Waals surface area contributed by atoms with E-state index in [1.54, 1.807) is 25.3 Å². The van der Waals surface area contributed by atoms with Crippen LogP contribution < -0.4 is 25.2 Å². The molecule has 3 aromatic rings. The van der Waals surface area contributed by atoms with Crippen molar-refractivity contribution in [1.29, 1.82) is 0 Å². The first-order chi connectivity index (χ1) is 16.0. The first-order valence-corrected chi connectivity index (χ1v) is 11.3. The molecule has 0 aromatic heterocycles. The number of methoxy groups -OCH3 is 1. The number of carbonyl (C=O) groups excluding carboxylic acids is 1. The summed E-state index contributed by atoms with van der Waals surface area (Å²) in [6.07, 6.45) is 0.994. The number of nitrogens with one attached hydrogen (secondary N) is 2. The lowest BCUT2D eigenvalue weighted by atomic mass is 10.0. The Morgan fingerprint density at radius 2 is 1.88 bits per heavy atom. The Morgan fingerprint density at radius 1 is 1.12 bits per heavy atom. The molecule has 1 aliphatic heterocycles. The van der Waals surface area contributed by atoms with Gasteiger partial charge in [0, 0.05) is 43.6 Å². The van der Waals surface area contributed by atoms with E-state index >= 15 is 0 Å². The molecular formula is C26H29ClN4O2. The second-order valence-electron chi connectivity index (χ2n) is 8.25. The predicted octanol–water partition coefficient (Wildman–Crippen LogP) is 5.34. The lowest BCUT2D eigenvalue weighted by molar-refractivity contribution is 0.251. The number of anilines is 3. The molecule has 1 heterocycles. The number of halogens is 1. The smallest absolute Gasteiger partial charge is 0.319 e. The highest BCUT2D eigenvalue weighted by atomic mass is 35.5. The van der Waals surface area contributed by atoms with Gasteiger partial charge < -0.3 is 25.2 Å². The fourth-order valence-electron chi connectivity index (χ4n) is 4.22. The zero-order valence-corrected chi connectivity index (χ0v) is 19.9. The molecule has 2 N–H and O–H groups in total. The van der Waals surface area contributed by atoms with Crippen molar-refractivity contribution in [2.24, 2.45) is 0 Å². The zero-order chi connectivity index (χ0) is 23.4. The molecule has 0 unspecified atom stereocenters. The standard InChI is InChI=1S/C26H29ClN4O2/c1-30(2)21-11-8-19(9-12-21)24(31-15-14-18-6-4-5-7-23(18)31)17-28-26(32)29-22-16-20(27)10-13-25(22)33-3/h4-13,16,24H,14-15,17H2,1-3H3,(H2,28,29,32)/t24-/m0/s1. The van der Waals surface area contributed by atoms with Crippen molar-refractivity contribution in [2.75, 3.05) is 49.4 Å². The van der Waals surface area contributed by atoms with E-state index in [0.29, 0.717) is 23.0 Å². The van der Waals surface area contributed by atoms with Crippen molar-refractivity contribution in [3.05, 3.63) is 82.9 Å². The number of rotatable bonds is 7. The maximum absolute atomic E-state index is 12.8. The van der Waals surface area contributed by atoms with Crippen molar-refractivity contribution in [3.8, 4) is 5.75 Å². The van der Waals surface area contributed by atoms with Crippen LogP contribution in [0.5, 0.6) is 5.75 Å². The molecule has 0 saturated carbocycles. The van der Waals surface area contributed by atoms with E-state index in [1.165, 1.54) is 11.3 Å². The van der Waals surface area contributed by atoms with Gasteiger partial charge in [0.05, 0.1) is 18.8 Å². The summed E-state index contributed by atoms with van der Waals surface area (Å²) in [4.78, 5) is 17.2. The van der Waals surface area contributed by atoms with E-state index < -0.39 is 0 Å². The highest BCUT2D eigenvalue weighted by Crippen LogP contribution is 2.35. The van der Waals surface area contributed by atoms with Crippen LogP contribution in [0.15, 0.2) is 66.7 Å². The minimum Gasteiger partial charge on any atom is -0.495 e. The van der Waals surface area contributed by atoms with Gasteiger partial charge in [-0.2, -0.15) is 0 Å². The number of carbonyl (C=O) groups is 1. The average molecular weight is 465 g/mol. The van der Waals surface area contributed by atoms with Crippen LogP contribution in [-0.2, 0) is 6.42 Å². The Balaban J connectivity index is 1.54. The highest BCUT2D eigenvalue weighted by molar-refractivity contribution is 6.31. The van der Waals surface area contributed by atoms with Gasteiger partial charge in [0.1, 0.15) is 5.75 Å². The van der Waals surface area contributed by atoms with Crippen molar-refractivity contribution in [2.45, 2.75) is 12.5 Å². The molecule has 172 valence electrons. The van der Waals surface area contributed by atoms with E-state index in [0.717, 1.165) is 24.2 Å². The van der Waals surface area contributed by atoms with Crippen LogP contribution in [0.25, 0.3) is 0 Å². The van der Waals surface area contributed by atoms with E-state index in [9.17, 15) is 4.79 Å². The third-order valence-electron chi connectivity index (χ3n) is 5.96. The van der Waals surface area contributed by atoms with Crippen LogP contribution in [0.2, 0.25) is 5.02 Å². The Kier molecular flexibility index (Phi) is 6.94. The van der Waals surface area contributed by atoms with Gasteiger partial charge in [0.25, 0.3) is 0 Å². The van der Waals surface area contributed by atoms with Crippen LogP contribution in [0.3, 0.4) is 0 Å². The number of amides is 2. The molecule has 4 rings (SSSR count). The number of hydrogen-bond donors (Lipinski definition) is 2. The van der Waals surface area contributed by atoms with Gasteiger partial charge in [0.15, 0.2) is 0 Å². The summed E-state index contributed by atoms with van der Waals surface area (Å²) >= 11 is 6.10. The average Bonchev–Trinajstić information content (AvgIpc) is 3.24. The highest BCUT2D eigenvalue weighted by Gasteiger charge is 2.27. The molecule has 6 nitrogen and oxygen atoms in total. The minimum absolute atomic E-state index is 0.00290. The maximum Gasteiger partial charge on any atom is 0.319 e. The van der Waals surface area contributed by atoms with Gasteiger partial charge in [-0.1, -0.05) is 41.9 Å². The maximum atomic E-state index is 12.8. The van der Waals surface area contributed by atoms with Gasteiger partial charge in [-0.3, -0.25) is 0 Å². The molecule has 0 spiro atoms. The summed E-state index contributed by atoms with van der Waals surface area (Å²) in [6.45, 7) is 1.36. The van der Waals surface area contributed by atoms with Crippen molar-refractivity contribution in [3.63, 3.8) is 0 Å². The zero-order valence-electron chi connectivity index (χ0n) is 19.1. The van der Waals surface area contributed by atoms with Gasteiger partial charge in [-0.25, -0.2) is 4.79 Å². The topological polar surface area (TPSA) is 56.8 Å². The van der Waals surface area contributed by atoms with Crippen LogP contribution in [0.4, 0.5) is 21.9 Å². The molecular weight excluding hydrogens is 436 g/mol. The van der Waals surface area contributed by atoms with Crippen molar-refractivity contribution in [1.82, 2.24) is 5.32 Å². The van der Waals surface area contributed by atoms with Crippen LogP contribution in [0.1, 0.15) is 17.2 Å². The Bertz CT molecular complexity index is 1120. The monoisotopic (exact) mass is 464 g/mol. The predicted molar refractivity (Wildman–Crippen MR) is 136 cm³/mol. The quantitative estimate of drug-likeness (QED) is 0.495. The van der Waals surface area contributed by atoms with E-state index in [-0.39, 0.29) is 12.1 Å². The summed E-state index contributed by atoms with van der Waals surface area (Å²) in [5, 5.41) is 6.43. The molecule has 0 bridgehead atoms. The summed E-state index contributed by atoms with van der Waals surface area (Å²) in [5.74, 6) is 0.554. The summed E-state index contributed by atoms with van der Waals surface area (Å²) in [6, 6.07) is 21.8. The first kappa shape index (κ1) is 22.8. The van der Waals surface area contributed by atoms with Crippen molar-refractivity contribution < 1.29 is 9.53 Å². The van der Waals surface area contributed by atoms with Gasteiger partial charge in [0.2, 0.25) is 0 Å². The third kappa shape index (κ3) is 5.17. The summed E-state index contributed by atoms with van der Waals surface area (Å²) in [7, 11) is 5.61. The van der Waals surface area contributed by atoms with Crippen LogP contribution in [-0.4, -0.2) is 40.3 Å². The molecule has 3 aromatic carbocycles. The van der Waals surface area contributed by atoms with Gasteiger partial charge >= 0.3 is 6.03 Å².